The number of nitrogens with one attached hydrogen (secondary N) is 1. The van der Waals surface area contributed by atoms with Crippen LogP contribution in [0.4, 0.5) is 0 Å². The molecule has 0 fully saturated rings. The van der Waals surface area contributed by atoms with Gasteiger partial charge in [-0.05, 0) is 37.2 Å². The summed E-state index contributed by atoms with van der Waals surface area (Å²) in [5.74, 6) is 0. The van der Waals surface area contributed by atoms with Crippen molar-refractivity contribution in [2.24, 2.45) is 0 Å². The highest BCUT2D eigenvalue weighted by molar-refractivity contribution is 7.99. The predicted molar refractivity (Wildman–Crippen MR) is 85.5 cm³/mol. The zero-order chi connectivity index (χ0) is 14.5. The van der Waals surface area contributed by atoms with E-state index in [0.717, 1.165) is 35.1 Å². The molecule has 0 saturated heterocycles. The van der Waals surface area contributed by atoms with Gasteiger partial charge in [-0.1, -0.05) is 24.8 Å². The molecule has 3 rings (SSSR count). The highest BCUT2D eigenvalue weighted by atomic mass is 32.2. The van der Waals surface area contributed by atoms with Crippen molar-refractivity contribution in [2.45, 2.75) is 29.8 Å². The quantitative estimate of drug-likeness (QED) is 0.708. The van der Waals surface area contributed by atoms with E-state index < -0.39 is 0 Å². The first-order valence-corrected chi connectivity index (χ1v) is 7.94. The van der Waals surface area contributed by atoms with E-state index in [1.54, 1.807) is 11.8 Å². The second-order valence-corrected chi connectivity index (χ2v) is 5.82. The van der Waals surface area contributed by atoms with E-state index in [-0.39, 0.29) is 0 Å². The summed E-state index contributed by atoms with van der Waals surface area (Å²) in [4.78, 5) is 9.97. The first-order chi connectivity index (χ1) is 10.4. The van der Waals surface area contributed by atoms with Gasteiger partial charge >= 0.3 is 0 Å². The lowest BCUT2D eigenvalue weighted by atomic mass is 10.4. The Hall–Kier alpha value is -1.85. The minimum Gasteiger partial charge on any atom is -0.311 e. The molecule has 0 aliphatic rings. The third kappa shape index (κ3) is 3.25. The van der Waals surface area contributed by atoms with E-state index in [1.165, 1.54) is 5.69 Å². The highest BCUT2D eigenvalue weighted by Gasteiger charge is 2.12. The lowest BCUT2D eigenvalue weighted by Crippen LogP contribution is -2.15. The van der Waals surface area contributed by atoms with Crippen LogP contribution >= 0.6 is 11.8 Å². The molecule has 0 unspecified atom stereocenters. The first-order valence-electron chi connectivity index (χ1n) is 7.13. The Balaban J connectivity index is 1.94. The average Bonchev–Trinajstić information content (AvgIpc) is 2.86. The molecule has 5 heteroatoms. The SMILES string of the molecule is CCCNCc1c(Sc2ccncc2)nc2ccccn12. The van der Waals surface area contributed by atoms with E-state index in [4.69, 9.17) is 4.98 Å². The molecule has 0 atom stereocenters. The van der Waals surface area contributed by atoms with Crippen molar-refractivity contribution in [2.75, 3.05) is 6.54 Å². The number of hydrogen-bond acceptors (Lipinski definition) is 4. The van der Waals surface area contributed by atoms with Crippen molar-refractivity contribution in [3.05, 3.63) is 54.6 Å². The summed E-state index contributed by atoms with van der Waals surface area (Å²) >= 11 is 1.69. The lowest BCUT2D eigenvalue weighted by Gasteiger charge is -2.06. The van der Waals surface area contributed by atoms with Gasteiger partial charge in [0.2, 0.25) is 0 Å². The summed E-state index contributed by atoms with van der Waals surface area (Å²) in [6.45, 7) is 4.01. The normalized spacial score (nSPS) is 11.1. The molecule has 0 spiro atoms. The maximum absolute atomic E-state index is 4.75. The summed E-state index contributed by atoms with van der Waals surface area (Å²) in [6.07, 6.45) is 6.83. The second-order valence-electron chi connectivity index (χ2n) is 4.75. The third-order valence-electron chi connectivity index (χ3n) is 3.18. The molecule has 1 N–H and O–H groups in total. The summed E-state index contributed by atoms with van der Waals surface area (Å²) < 4.78 is 2.16. The number of nitrogens with zero attached hydrogens (tertiary/aromatic N) is 3. The zero-order valence-electron chi connectivity index (χ0n) is 12.0. The van der Waals surface area contributed by atoms with Gasteiger partial charge in [-0.15, -0.1) is 0 Å². The fourth-order valence-electron chi connectivity index (χ4n) is 2.17. The molecule has 21 heavy (non-hydrogen) atoms. The fourth-order valence-corrected chi connectivity index (χ4v) is 3.08. The molecule has 108 valence electrons. The molecule has 4 nitrogen and oxygen atoms in total. The maximum atomic E-state index is 4.75. The van der Waals surface area contributed by atoms with Crippen LogP contribution in [0.2, 0.25) is 0 Å². The van der Waals surface area contributed by atoms with E-state index >= 15 is 0 Å². The van der Waals surface area contributed by atoms with Crippen LogP contribution in [-0.4, -0.2) is 20.9 Å². The molecule has 0 radical (unpaired) electrons. The van der Waals surface area contributed by atoms with Crippen molar-refractivity contribution in [1.82, 2.24) is 19.7 Å². The monoisotopic (exact) mass is 298 g/mol. The Morgan fingerprint density at radius 1 is 1.19 bits per heavy atom. The lowest BCUT2D eigenvalue weighted by molar-refractivity contribution is 0.652. The van der Waals surface area contributed by atoms with Crippen LogP contribution in [-0.2, 0) is 6.54 Å². The number of aromatic nitrogens is 3. The van der Waals surface area contributed by atoms with Gasteiger partial charge in [-0.25, -0.2) is 4.98 Å². The highest BCUT2D eigenvalue weighted by Crippen LogP contribution is 2.30. The molecule has 0 amide bonds. The van der Waals surface area contributed by atoms with E-state index in [1.807, 2.05) is 42.7 Å². The van der Waals surface area contributed by atoms with Crippen LogP contribution < -0.4 is 5.32 Å². The third-order valence-corrected chi connectivity index (χ3v) is 4.20. The first kappa shape index (κ1) is 14.1. The predicted octanol–water partition coefficient (Wildman–Crippen LogP) is 3.38. The molecule has 0 aliphatic carbocycles. The van der Waals surface area contributed by atoms with Gasteiger partial charge in [-0.2, -0.15) is 0 Å². The van der Waals surface area contributed by atoms with Crippen LogP contribution in [0, 0.1) is 0 Å². The van der Waals surface area contributed by atoms with Crippen LogP contribution in [0.15, 0.2) is 58.8 Å². The van der Waals surface area contributed by atoms with Gasteiger partial charge in [-0.3, -0.25) is 4.98 Å². The van der Waals surface area contributed by atoms with Crippen molar-refractivity contribution in [3.8, 4) is 0 Å². The topological polar surface area (TPSA) is 42.2 Å². The van der Waals surface area contributed by atoms with E-state index in [2.05, 4.69) is 27.8 Å². The maximum Gasteiger partial charge on any atom is 0.138 e. The summed E-state index contributed by atoms with van der Waals surface area (Å²) in [5.41, 5.74) is 2.20. The Labute approximate surface area is 128 Å². The van der Waals surface area contributed by atoms with Gasteiger partial charge in [0.15, 0.2) is 0 Å². The zero-order valence-corrected chi connectivity index (χ0v) is 12.8. The van der Waals surface area contributed by atoms with Crippen molar-refractivity contribution in [1.29, 1.82) is 0 Å². The average molecular weight is 298 g/mol. The summed E-state index contributed by atoms with van der Waals surface area (Å²) in [5, 5.41) is 4.52. The van der Waals surface area contributed by atoms with Gasteiger partial charge in [0.05, 0.1) is 5.69 Å². The summed E-state index contributed by atoms with van der Waals surface area (Å²) in [6, 6.07) is 10.1. The summed E-state index contributed by atoms with van der Waals surface area (Å²) in [7, 11) is 0. The van der Waals surface area contributed by atoms with Gasteiger partial charge < -0.3 is 9.72 Å². The van der Waals surface area contributed by atoms with Crippen molar-refractivity contribution < 1.29 is 0 Å². The van der Waals surface area contributed by atoms with Crippen LogP contribution in [0.5, 0.6) is 0 Å². The molecular formula is C16H18N4S. The largest absolute Gasteiger partial charge is 0.311 e. The fraction of sp³-hybridized carbons (Fsp3) is 0.250. The minimum atomic E-state index is 0.826. The minimum absolute atomic E-state index is 0.826. The molecule has 3 heterocycles. The number of fused-ring (bicyclic) bond motifs is 1. The molecule has 3 aromatic rings. The molecule has 0 aliphatic heterocycles. The number of imidazole rings is 1. The smallest absolute Gasteiger partial charge is 0.138 e. The molecule has 0 aromatic carbocycles. The van der Waals surface area contributed by atoms with E-state index in [9.17, 15) is 0 Å². The Bertz CT molecular complexity index is 709. The molecule has 3 aromatic heterocycles. The number of pyridine rings is 2. The molecule has 0 bridgehead atoms. The Morgan fingerprint density at radius 2 is 2.05 bits per heavy atom. The molecule has 0 saturated carbocycles. The Kier molecular flexibility index (Phi) is 4.52. The second kappa shape index (κ2) is 6.74. The van der Waals surface area contributed by atoms with Crippen LogP contribution in [0.3, 0.4) is 0 Å². The van der Waals surface area contributed by atoms with Crippen LogP contribution in [0.1, 0.15) is 19.0 Å². The van der Waals surface area contributed by atoms with Crippen molar-refractivity contribution in [3.63, 3.8) is 0 Å². The van der Waals surface area contributed by atoms with Gasteiger partial charge in [0.25, 0.3) is 0 Å². The number of rotatable bonds is 6. The standard InChI is InChI=1S/C16H18N4S/c1-2-8-18-12-14-16(21-13-6-9-17-10-7-13)19-15-5-3-4-11-20(14)15/h3-7,9-11,18H,2,8,12H2,1H3. The van der Waals surface area contributed by atoms with Gasteiger partial charge in [0, 0.05) is 30.0 Å². The van der Waals surface area contributed by atoms with Gasteiger partial charge in [0.1, 0.15) is 10.7 Å². The molecular weight excluding hydrogens is 280 g/mol. The van der Waals surface area contributed by atoms with E-state index in [0.29, 0.717) is 0 Å². The van der Waals surface area contributed by atoms with Crippen LogP contribution in [0.25, 0.3) is 5.65 Å². The Morgan fingerprint density at radius 3 is 2.86 bits per heavy atom. The van der Waals surface area contributed by atoms with Crippen molar-refractivity contribution >= 4 is 17.4 Å². The number of hydrogen-bond donors (Lipinski definition) is 1.